The second-order valence-electron chi connectivity index (χ2n) is 7.69. The van der Waals surface area contributed by atoms with Gasteiger partial charge in [0.15, 0.2) is 0 Å². The molecule has 33 heavy (non-hydrogen) atoms. The highest BCUT2D eigenvalue weighted by atomic mass is 35.5. The standard InChI is InChI=1S/C24H20ClFN2O4S/c1-14-19(13-22(29)30)23-21(27-14)11-10-20(26)24(23)33(31,32)18-8-6-16(7-9-18)28(2)17-5-3-4-15(25)12-17/h3-10,12H,11,13H2,1-2H3,(H,29,30). The average Bonchev–Trinajstić information content (AvgIpc) is 3.07. The first-order valence-corrected chi connectivity index (χ1v) is 11.9. The molecule has 1 aliphatic carbocycles. The van der Waals surface area contributed by atoms with Crippen LogP contribution in [0.4, 0.5) is 15.8 Å². The number of rotatable bonds is 6. The van der Waals surface area contributed by atoms with Crippen LogP contribution in [0.1, 0.15) is 19.8 Å². The summed E-state index contributed by atoms with van der Waals surface area (Å²) in [7, 11) is -2.47. The minimum absolute atomic E-state index is 0.0648. The fourth-order valence-electron chi connectivity index (χ4n) is 3.93. The summed E-state index contributed by atoms with van der Waals surface area (Å²) in [6.07, 6.45) is 0.821. The molecule has 0 bridgehead atoms. The minimum Gasteiger partial charge on any atom is -0.481 e. The van der Waals surface area contributed by atoms with Crippen molar-refractivity contribution < 1.29 is 22.7 Å². The van der Waals surface area contributed by atoms with Gasteiger partial charge in [0.25, 0.3) is 0 Å². The zero-order valence-corrected chi connectivity index (χ0v) is 19.4. The second-order valence-corrected chi connectivity index (χ2v) is 10.0. The third kappa shape index (κ3) is 4.24. The molecule has 0 fully saturated rings. The van der Waals surface area contributed by atoms with Crippen molar-refractivity contribution >= 4 is 44.5 Å². The molecule has 0 spiro atoms. The van der Waals surface area contributed by atoms with Gasteiger partial charge in [0.05, 0.1) is 17.0 Å². The molecule has 4 rings (SSSR count). The van der Waals surface area contributed by atoms with E-state index in [1.54, 1.807) is 31.2 Å². The van der Waals surface area contributed by atoms with E-state index in [9.17, 15) is 22.7 Å². The van der Waals surface area contributed by atoms with Crippen molar-refractivity contribution in [2.24, 2.45) is 4.99 Å². The van der Waals surface area contributed by atoms with E-state index in [1.165, 1.54) is 12.1 Å². The summed E-state index contributed by atoms with van der Waals surface area (Å²) in [5.41, 5.74) is 2.55. The van der Waals surface area contributed by atoms with Crippen LogP contribution in [0.3, 0.4) is 0 Å². The van der Waals surface area contributed by atoms with Gasteiger partial charge in [-0.15, -0.1) is 0 Å². The number of nitrogens with zero attached hydrogens (tertiary/aromatic N) is 2. The highest BCUT2D eigenvalue weighted by Crippen LogP contribution is 2.41. The Bertz CT molecular complexity index is 1390. The predicted octanol–water partition coefficient (Wildman–Crippen LogP) is 5.60. The van der Waals surface area contributed by atoms with Gasteiger partial charge in [-0.1, -0.05) is 17.7 Å². The van der Waals surface area contributed by atoms with E-state index in [-0.39, 0.29) is 22.5 Å². The van der Waals surface area contributed by atoms with Gasteiger partial charge in [-0.3, -0.25) is 9.79 Å². The van der Waals surface area contributed by atoms with Crippen molar-refractivity contribution in [1.82, 2.24) is 0 Å². The van der Waals surface area contributed by atoms with Gasteiger partial charge in [-0.2, -0.15) is 0 Å². The number of hydrogen-bond donors (Lipinski definition) is 1. The van der Waals surface area contributed by atoms with Crippen LogP contribution in [0, 0.1) is 0 Å². The van der Waals surface area contributed by atoms with E-state index in [1.807, 2.05) is 24.1 Å². The van der Waals surface area contributed by atoms with Gasteiger partial charge < -0.3 is 10.0 Å². The maximum absolute atomic E-state index is 15.0. The third-order valence-corrected chi connectivity index (χ3v) is 7.64. The maximum Gasteiger partial charge on any atom is 0.307 e. The lowest BCUT2D eigenvalue weighted by atomic mass is 9.94. The van der Waals surface area contributed by atoms with E-state index in [0.29, 0.717) is 22.1 Å². The number of sulfone groups is 1. The number of carboxylic acid groups (broad SMARTS) is 1. The monoisotopic (exact) mass is 486 g/mol. The number of aliphatic carboxylic acids is 1. The van der Waals surface area contributed by atoms with Crippen LogP contribution in [0.25, 0.3) is 0 Å². The molecule has 6 nitrogen and oxygen atoms in total. The van der Waals surface area contributed by atoms with Crippen molar-refractivity contribution in [3.05, 3.63) is 87.2 Å². The van der Waals surface area contributed by atoms with Crippen LogP contribution >= 0.6 is 11.6 Å². The largest absolute Gasteiger partial charge is 0.481 e. The first-order valence-electron chi connectivity index (χ1n) is 10.0. The van der Waals surface area contributed by atoms with Gasteiger partial charge in [-0.05, 0) is 61.0 Å². The zero-order valence-electron chi connectivity index (χ0n) is 17.8. The number of hydrogen-bond acceptors (Lipinski definition) is 5. The fourth-order valence-corrected chi connectivity index (χ4v) is 5.69. The summed E-state index contributed by atoms with van der Waals surface area (Å²) in [4.78, 5) is 16.8. The number of allylic oxidation sites excluding steroid dienone is 4. The molecule has 9 heteroatoms. The minimum atomic E-state index is -4.28. The van der Waals surface area contributed by atoms with Crippen molar-refractivity contribution in [1.29, 1.82) is 0 Å². The number of fused-ring (bicyclic) bond motifs is 1. The van der Waals surface area contributed by atoms with E-state index in [0.717, 1.165) is 11.8 Å². The van der Waals surface area contributed by atoms with Crippen LogP contribution in [0.5, 0.6) is 0 Å². The highest BCUT2D eigenvalue weighted by molar-refractivity contribution is 7.95. The lowest BCUT2D eigenvalue weighted by Gasteiger charge is -2.21. The molecule has 2 aliphatic rings. The Morgan fingerprint density at radius 2 is 1.88 bits per heavy atom. The molecular formula is C24H20ClFN2O4S. The summed E-state index contributed by atoms with van der Waals surface area (Å²) in [6, 6.07) is 13.2. The van der Waals surface area contributed by atoms with Gasteiger partial charge in [-0.25, -0.2) is 12.8 Å². The molecule has 0 unspecified atom stereocenters. The lowest BCUT2D eigenvalue weighted by molar-refractivity contribution is -0.136. The van der Waals surface area contributed by atoms with Crippen molar-refractivity contribution in [3.63, 3.8) is 0 Å². The first-order chi connectivity index (χ1) is 15.6. The maximum atomic E-state index is 15.0. The van der Waals surface area contributed by atoms with Gasteiger partial charge in [0, 0.05) is 41.1 Å². The number of carboxylic acids is 1. The normalized spacial score (nSPS) is 15.9. The van der Waals surface area contributed by atoms with E-state index in [4.69, 9.17) is 11.6 Å². The molecule has 2 aromatic rings. The molecule has 1 aliphatic heterocycles. The number of halogens is 2. The molecule has 0 saturated heterocycles. The second kappa shape index (κ2) is 8.61. The van der Waals surface area contributed by atoms with Gasteiger partial charge in [0.1, 0.15) is 10.7 Å². The molecule has 170 valence electrons. The van der Waals surface area contributed by atoms with Crippen LogP contribution in [0.15, 0.2) is 92.1 Å². The Balaban J connectivity index is 1.76. The molecule has 2 aromatic carbocycles. The van der Waals surface area contributed by atoms with Crippen molar-refractivity contribution in [3.8, 4) is 0 Å². The quantitative estimate of drug-likeness (QED) is 0.574. The van der Waals surface area contributed by atoms with Crippen LogP contribution in [-0.4, -0.2) is 32.3 Å². The molecule has 0 aromatic heterocycles. The molecule has 0 atom stereocenters. The predicted molar refractivity (Wildman–Crippen MR) is 126 cm³/mol. The lowest BCUT2D eigenvalue weighted by Crippen LogP contribution is -2.18. The number of aliphatic imine (C=N–C) groups is 1. The Labute approximate surface area is 195 Å². The molecule has 0 saturated carbocycles. The topological polar surface area (TPSA) is 87.0 Å². The SMILES string of the molecule is CC1=C(CC(=O)O)C2=C(S(=O)(=O)c3ccc(N(C)c4cccc(Cl)c4)cc3)C(F)=CCC2=N1. The Morgan fingerprint density at radius 1 is 1.18 bits per heavy atom. The van der Waals surface area contributed by atoms with E-state index >= 15 is 0 Å². The summed E-state index contributed by atoms with van der Waals surface area (Å²) in [6.45, 7) is 1.60. The zero-order chi connectivity index (χ0) is 23.9. The highest BCUT2D eigenvalue weighted by Gasteiger charge is 2.37. The van der Waals surface area contributed by atoms with Crippen LogP contribution < -0.4 is 4.90 Å². The fraction of sp³-hybridized carbons (Fsp3) is 0.167. The summed E-state index contributed by atoms with van der Waals surface area (Å²) in [5, 5.41) is 9.84. The number of anilines is 2. The summed E-state index contributed by atoms with van der Waals surface area (Å²) < 4.78 is 41.9. The van der Waals surface area contributed by atoms with E-state index < -0.39 is 33.0 Å². The van der Waals surface area contributed by atoms with Crippen molar-refractivity contribution in [2.45, 2.75) is 24.7 Å². The van der Waals surface area contributed by atoms with Crippen LogP contribution in [-0.2, 0) is 14.6 Å². The smallest absolute Gasteiger partial charge is 0.307 e. The molecular weight excluding hydrogens is 467 g/mol. The van der Waals surface area contributed by atoms with Gasteiger partial charge >= 0.3 is 5.97 Å². The Kier molecular flexibility index (Phi) is 5.99. The number of carbonyl (C=O) groups is 1. The molecule has 1 N–H and O–H groups in total. The Morgan fingerprint density at radius 3 is 2.52 bits per heavy atom. The summed E-state index contributed by atoms with van der Waals surface area (Å²) in [5.74, 6) is -2.05. The molecule has 0 amide bonds. The average molecular weight is 487 g/mol. The van der Waals surface area contributed by atoms with Crippen LogP contribution in [0.2, 0.25) is 5.02 Å². The van der Waals surface area contributed by atoms with Crippen molar-refractivity contribution in [2.75, 3.05) is 11.9 Å². The molecule has 0 radical (unpaired) electrons. The summed E-state index contributed by atoms with van der Waals surface area (Å²) >= 11 is 6.06. The third-order valence-electron chi connectivity index (χ3n) is 5.57. The Hall–Kier alpha value is -3.23. The van der Waals surface area contributed by atoms with Gasteiger partial charge in [0.2, 0.25) is 9.84 Å². The van der Waals surface area contributed by atoms with E-state index in [2.05, 4.69) is 4.99 Å². The number of benzene rings is 2. The first kappa shape index (κ1) is 22.9. The molecule has 1 heterocycles.